The van der Waals surface area contributed by atoms with Crippen molar-refractivity contribution in [1.29, 1.82) is 0 Å². The Morgan fingerprint density at radius 2 is 1.93 bits per heavy atom. The van der Waals surface area contributed by atoms with Crippen LogP contribution < -0.4 is 0 Å². The molecule has 0 N–H and O–H groups in total. The highest BCUT2D eigenvalue weighted by molar-refractivity contribution is 7.99. The van der Waals surface area contributed by atoms with E-state index < -0.39 is 0 Å². The molecule has 0 bridgehead atoms. The van der Waals surface area contributed by atoms with Gasteiger partial charge in [0, 0.05) is 14.8 Å². The Balaban J connectivity index is 2.19. The number of hydrogen-bond donors (Lipinski definition) is 0. The summed E-state index contributed by atoms with van der Waals surface area (Å²) in [5.41, 5.74) is 0. The molecule has 0 aliphatic heterocycles. The standard InChI is InChI=1S/C12H8ClS/c13-10-5-4-8-12(9-10)14-11-6-2-1-3-7-11/h1-2,4-9H. The topological polar surface area (TPSA) is 0 Å². The van der Waals surface area contributed by atoms with Crippen LogP contribution >= 0.6 is 23.4 Å². The largest absolute Gasteiger partial charge is 0.0900 e. The molecule has 0 aromatic heterocycles. The van der Waals surface area contributed by atoms with E-state index in [0.717, 1.165) is 9.92 Å². The highest BCUT2D eigenvalue weighted by Gasteiger charge is 1.96. The van der Waals surface area contributed by atoms with E-state index in [1.165, 1.54) is 4.90 Å². The van der Waals surface area contributed by atoms with E-state index in [-0.39, 0.29) is 0 Å². The monoisotopic (exact) mass is 219 g/mol. The fraction of sp³-hybridized carbons (Fsp3) is 0. The second kappa shape index (κ2) is 4.54. The van der Waals surface area contributed by atoms with Gasteiger partial charge in [0.05, 0.1) is 0 Å². The predicted octanol–water partition coefficient (Wildman–Crippen LogP) is 4.29. The zero-order valence-corrected chi connectivity index (χ0v) is 8.98. The van der Waals surface area contributed by atoms with E-state index >= 15 is 0 Å². The molecule has 0 spiro atoms. The van der Waals surface area contributed by atoms with Gasteiger partial charge in [0.25, 0.3) is 0 Å². The first-order valence-corrected chi connectivity index (χ1v) is 5.43. The first-order valence-electron chi connectivity index (χ1n) is 4.24. The van der Waals surface area contributed by atoms with Crippen LogP contribution in [0.3, 0.4) is 0 Å². The molecule has 0 nitrogen and oxygen atoms in total. The molecular weight excluding hydrogens is 212 g/mol. The minimum atomic E-state index is 0.773. The maximum absolute atomic E-state index is 5.89. The van der Waals surface area contributed by atoms with Gasteiger partial charge in [0.2, 0.25) is 0 Å². The quantitative estimate of drug-likeness (QED) is 0.726. The lowest BCUT2D eigenvalue weighted by molar-refractivity contribution is 1.40. The first-order chi connectivity index (χ1) is 6.84. The third kappa shape index (κ3) is 2.53. The smallest absolute Gasteiger partial charge is 0.0417 e. The average molecular weight is 220 g/mol. The SMILES string of the molecule is Clc1cccc(Sc2c[c]ccc2)c1. The van der Waals surface area contributed by atoms with Crippen molar-refractivity contribution in [2.75, 3.05) is 0 Å². The van der Waals surface area contributed by atoms with E-state index in [1.54, 1.807) is 11.8 Å². The van der Waals surface area contributed by atoms with Crippen molar-refractivity contribution in [2.45, 2.75) is 9.79 Å². The average Bonchev–Trinajstić information content (AvgIpc) is 2.19. The van der Waals surface area contributed by atoms with Gasteiger partial charge in [-0.3, -0.25) is 0 Å². The van der Waals surface area contributed by atoms with E-state index in [4.69, 9.17) is 11.6 Å². The van der Waals surface area contributed by atoms with Crippen molar-refractivity contribution in [3.05, 3.63) is 59.6 Å². The third-order valence-electron chi connectivity index (χ3n) is 1.71. The van der Waals surface area contributed by atoms with E-state index in [9.17, 15) is 0 Å². The molecule has 1 radical (unpaired) electrons. The van der Waals surface area contributed by atoms with Gasteiger partial charge in [0.15, 0.2) is 0 Å². The number of benzene rings is 2. The Morgan fingerprint density at radius 1 is 1.07 bits per heavy atom. The zero-order valence-electron chi connectivity index (χ0n) is 7.41. The van der Waals surface area contributed by atoms with Crippen LogP contribution in [0.2, 0.25) is 5.02 Å². The maximum atomic E-state index is 5.89. The molecule has 0 atom stereocenters. The predicted molar refractivity (Wildman–Crippen MR) is 60.9 cm³/mol. The summed E-state index contributed by atoms with van der Waals surface area (Å²) in [6.45, 7) is 0. The first kappa shape index (κ1) is 9.63. The van der Waals surface area contributed by atoms with Gasteiger partial charge < -0.3 is 0 Å². The lowest BCUT2D eigenvalue weighted by Gasteiger charge is -2.00. The number of halogens is 1. The lowest BCUT2D eigenvalue weighted by Crippen LogP contribution is -1.72. The highest BCUT2D eigenvalue weighted by Crippen LogP contribution is 2.28. The van der Waals surface area contributed by atoms with Gasteiger partial charge in [0.1, 0.15) is 0 Å². The van der Waals surface area contributed by atoms with Crippen molar-refractivity contribution in [3.8, 4) is 0 Å². The number of rotatable bonds is 2. The summed E-state index contributed by atoms with van der Waals surface area (Å²) in [6, 6.07) is 18.8. The molecule has 69 valence electrons. The Labute approximate surface area is 92.9 Å². The molecule has 0 saturated heterocycles. The molecule has 2 aromatic carbocycles. The van der Waals surface area contributed by atoms with E-state index in [2.05, 4.69) is 12.1 Å². The molecule has 0 fully saturated rings. The Hall–Kier alpha value is -0.920. The van der Waals surface area contributed by atoms with Crippen LogP contribution in [0.1, 0.15) is 0 Å². The van der Waals surface area contributed by atoms with E-state index in [1.807, 2.05) is 42.5 Å². The van der Waals surface area contributed by atoms with Crippen LogP contribution in [-0.4, -0.2) is 0 Å². The van der Waals surface area contributed by atoms with Gasteiger partial charge in [-0.15, -0.1) is 0 Å². The summed E-state index contributed by atoms with van der Waals surface area (Å²) in [7, 11) is 0. The maximum Gasteiger partial charge on any atom is 0.0417 e. The van der Waals surface area contributed by atoms with Crippen LogP contribution in [0.15, 0.2) is 58.3 Å². The minimum Gasteiger partial charge on any atom is -0.0900 e. The molecule has 0 amide bonds. The zero-order chi connectivity index (χ0) is 9.80. The highest BCUT2D eigenvalue weighted by atomic mass is 35.5. The Morgan fingerprint density at radius 3 is 2.64 bits per heavy atom. The molecular formula is C12H8ClS. The van der Waals surface area contributed by atoms with Crippen molar-refractivity contribution in [3.63, 3.8) is 0 Å². The summed E-state index contributed by atoms with van der Waals surface area (Å²) >= 11 is 7.58. The molecule has 2 aromatic rings. The molecule has 0 heterocycles. The molecule has 0 saturated carbocycles. The van der Waals surface area contributed by atoms with Crippen LogP contribution in [0.4, 0.5) is 0 Å². The van der Waals surface area contributed by atoms with Gasteiger partial charge in [-0.25, -0.2) is 0 Å². The molecule has 0 aliphatic rings. The summed E-state index contributed by atoms with van der Waals surface area (Å²) in [5, 5.41) is 0.773. The fourth-order valence-corrected chi connectivity index (χ4v) is 2.24. The fourth-order valence-electron chi connectivity index (χ4n) is 1.11. The van der Waals surface area contributed by atoms with Gasteiger partial charge >= 0.3 is 0 Å². The van der Waals surface area contributed by atoms with E-state index in [0.29, 0.717) is 0 Å². The number of hydrogen-bond acceptors (Lipinski definition) is 1. The summed E-state index contributed by atoms with van der Waals surface area (Å²) in [4.78, 5) is 2.33. The van der Waals surface area contributed by atoms with Crippen molar-refractivity contribution < 1.29 is 0 Å². The van der Waals surface area contributed by atoms with Crippen LogP contribution in [0.25, 0.3) is 0 Å². The van der Waals surface area contributed by atoms with Crippen LogP contribution in [0, 0.1) is 6.07 Å². The van der Waals surface area contributed by atoms with Gasteiger partial charge in [-0.1, -0.05) is 41.6 Å². The van der Waals surface area contributed by atoms with Gasteiger partial charge in [-0.05, 0) is 36.4 Å². The van der Waals surface area contributed by atoms with Crippen LogP contribution in [0.5, 0.6) is 0 Å². The molecule has 0 aliphatic carbocycles. The van der Waals surface area contributed by atoms with Gasteiger partial charge in [-0.2, -0.15) is 0 Å². The molecule has 2 heteroatoms. The van der Waals surface area contributed by atoms with Crippen molar-refractivity contribution in [1.82, 2.24) is 0 Å². The second-order valence-electron chi connectivity index (χ2n) is 2.80. The summed E-state index contributed by atoms with van der Waals surface area (Å²) in [6.07, 6.45) is 0. The Bertz CT molecular complexity index is 412. The van der Waals surface area contributed by atoms with Crippen LogP contribution in [-0.2, 0) is 0 Å². The molecule has 0 unspecified atom stereocenters. The summed E-state index contributed by atoms with van der Waals surface area (Å²) < 4.78 is 0. The third-order valence-corrected chi connectivity index (χ3v) is 2.92. The summed E-state index contributed by atoms with van der Waals surface area (Å²) in [5.74, 6) is 0. The van der Waals surface area contributed by atoms with Crippen molar-refractivity contribution in [2.24, 2.45) is 0 Å². The lowest BCUT2D eigenvalue weighted by atomic mass is 10.4. The minimum absolute atomic E-state index is 0.773. The Kier molecular flexibility index (Phi) is 3.12. The van der Waals surface area contributed by atoms with Crippen molar-refractivity contribution >= 4 is 23.4 Å². The molecule has 2 rings (SSSR count). The molecule has 14 heavy (non-hydrogen) atoms. The second-order valence-corrected chi connectivity index (χ2v) is 4.38. The normalized spacial score (nSPS) is 10.1.